The number of benzene rings is 1. The Morgan fingerprint density at radius 1 is 1.38 bits per heavy atom. The highest BCUT2D eigenvalue weighted by Crippen LogP contribution is 2.35. The molecule has 1 unspecified atom stereocenters. The first kappa shape index (κ1) is 15.6. The lowest BCUT2D eigenvalue weighted by Crippen LogP contribution is -2.28. The highest BCUT2D eigenvalue weighted by molar-refractivity contribution is 6.36. The Kier molecular flexibility index (Phi) is 5.03. The molecule has 0 bridgehead atoms. The summed E-state index contributed by atoms with van der Waals surface area (Å²) in [6.07, 6.45) is 0.937. The fourth-order valence-corrected chi connectivity index (χ4v) is 2.39. The van der Waals surface area contributed by atoms with Crippen molar-refractivity contribution in [3.8, 4) is 5.75 Å². The lowest BCUT2D eigenvalue weighted by Gasteiger charge is -2.16. The summed E-state index contributed by atoms with van der Waals surface area (Å²) in [6, 6.07) is 3.03. The van der Waals surface area contributed by atoms with E-state index in [2.05, 4.69) is 5.32 Å². The van der Waals surface area contributed by atoms with Gasteiger partial charge in [-0.3, -0.25) is 4.79 Å². The van der Waals surface area contributed by atoms with Crippen molar-refractivity contribution in [1.29, 1.82) is 0 Å². The second kappa shape index (κ2) is 6.78. The van der Waals surface area contributed by atoms with E-state index in [9.17, 15) is 9.59 Å². The third kappa shape index (κ3) is 3.28. The average molecular weight is 314 g/mol. The molecule has 0 spiro atoms. The Balaban J connectivity index is 2.34. The molecule has 1 fully saturated rings. The first-order valence-corrected chi connectivity index (χ1v) is 6.83. The molecule has 6 nitrogen and oxygen atoms in total. The van der Waals surface area contributed by atoms with E-state index in [1.807, 2.05) is 0 Å². The zero-order chi connectivity index (χ0) is 15.4. The van der Waals surface area contributed by atoms with Crippen LogP contribution >= 0.6 is 11.6 Å². The van der Waals surface area contributed by atoms with Gasteiger partial charge in [-0.2, -0.15) is 0 Å². The SMILES string of the molecule is COC(=O)c1ccc(OC)c(Cl)c1NC(=O)C1CCCO1. The molecule has 1 atom stereocenters. The predicted octanol–water partition coefficient (Wildman–Crippen LogP) is 2.25. The Bertz CT molecular complexity index is 555. The number of hydrogen-bond donors (Lipinski definition) is 1. The molecular weight excluding hydrogens is 298 g/mol. The van der Waals surface area contributed by atoms with Gasteiger partial charge in [-0.25, -0.2) is 4.79 Å². The van der Waals surface area contributed by atoms with Gasteiger partial charge in [-0.15, -0.1) is 0 Å². The van der Waals surface area contributed by atoms with E-state index in [-0.39, 0.29) is 22.2 Å². The maximum absolute atomic E-state index is 12.1. The van der Waals surface area contributed by atoms with Crippen molar-refractivity contribution >= 4 is 29.2 Å². The molecule has 0 aliphatic carbocycles. The summed E-state index contributed by atoms with van der Waals surface area (Å²) in [5.41, 5.74) is 0.331. The van der Waals surface area contributed by atoms with E-state index in [0.29, 0.717) is 18.8 Å². The lowest BCUT2D eigenvalue weighted by atomic mass is 10.1. The van der Waals surface area contributed by atoms with Crippen LogP contribution in [-0.2, 0) is 14.3 Å². The molecule has 1 aliphatic rings. The van der Waals surface area contributed by atoms with E-state index >= 15 is 0 Å². The largest absolute Gasteiger partial charge is 0.495 e. The summed E-state index contributed by atoms with van der Waals surface area (Å²) in [4.78, 5) is 23.9. The van der Waals surface area contributed by atoms with E-state index in [1.54, 1.807) is 0 Å². The summed E-state index contributed by atoms with van der Waals surface area (Å²) >= 11 is 6.18. The molecule has 1 aliphatic heterocycles. The summed E-state index contributed by atoms with van der Waals surface area (Å²) in [6.45, 7) is 0.549. The molecule has 114 valence electrons. The molecule has 0 saturated carbocycles. The number of hydrogen-bond acceptors (Lipinski definition) is 5. The number of carbonyl (C=O) groups is 2. The summed E-state index contributed by atoms with van der Waals surface area (Å²) in [5, 5.41) is 2.78. The van der Waals surface area contributed by atoms with Crippen LogP contribution in [0.1, 0.15) is 23.2 Å². The predicted molar refractivity (Wildman–Crippen MR) is 76.9 cm³/mol. The number of methoxy groups -OCH3 is 2. The number of halogens is 1. The van der Waals surface area contributed by atoms with Crippen molar-refractivity contribution in [1.82, 2.24) is 0 Å². The molecule has 1 N–H and O–H groups in total. The summed E-state index contributed by atoms with van der Waals surface area (Å²) in [7, 11) is 2.71. The minimum atomic E-state index is -0.595. The van der Waals surface area contributed by atoms with Crippen molar-refractivity contribution in [2.45, 2.75) is 18.9 Å². The fourth-order valence-electron chi connectivity index (χ4n) is 2.10. The van der Waals surface area contributed by atoms with E-state index < -0.39 is 12.1 Å². The molecule has 1 amide bonds. The van der Waals surface area contributed by atoms with Gasteiger partial charge in [0.25, 0.3) is 5.91 Å². The molecular formula is C14H16ClNO5. The number of anilines is 1. The van der Waals surface area contributed by atoms with E-state index in [1.165, 1.54) is 26.4 Å². The minimum Gasteiger partial charge on any atom is -0.495 e. The van der Waals surface area contributed by atoms with Gasteiger partial charge in [0.1, 0.15) is 16.9 Å². The van der Waals surface area contributed by atoms with Crippen LogP contribution in [0.25, 0.3) is 0 Å². The van der Waals surface area contributed by atoms with Gasteiger partial charge in [0.2, 0.25) is 0 Å². The van der Waals surface area contributed by atoms with Crippen molar-refractivity contribution in [3.63, 3.8) is 0 Å². The third-order valence-corrected chi connectivity index (χ3v) is 3.58. The quantitative estimate of drug-likeness (QED) is 0.863. The normalized spacial score (nSPS) is 17.4. The van der Waals surface area contributed by atoms with Crippen LogP contribution in [0.5, 0.6) is 5.75 Å². The van der Waals surface area contributed by atoms with E-state index in [4.69, 9.17) is 25.8 Å². The number of rotatable bonds is 4. The van der Waals surface area contributed by atoms with Gasteiger partial charge < -0.3 is 19.5 Å². The molecule has 2 rings (SSSR count). The van der Waals surface area contributed by atoms with E-state index in [0.717, 1.165) is 6.42 Å². The molecule has 1 aromatic carbocycles. The van der Waals surface area contributed by atoms with Crippen molar-refractivity contribution in [3.05, 3.63) is 22.7 Å². The lowest BCUT2D eigenvalue weighted by molar-refractivity contribution is -0.124. The van der Waals surface area contributed by atoms with Crippen LogP contribution in [0.3, 0.4) is 0 Å². The van der Waals surface area contributed by atoms with Crippen molar-refractivity contribution in [2.75, 3.05) is 26.1 Å². The maximum Gasteiger partial charge on any atom is 0.340 e. The monoisotopic (exact) mass is 313 g/mol. The van der Waals surface area contributed by atoms with Gasteiger partial charge in [0, 0.05) is 6.61 Å². The third-order valence-electron chi connectivity index (χ3n) is 3.20. The minimum absolute atomic E-state index is 0.145. The van der Waals surface area contributed by atoms with Gasteiger partial charge in [-0.05, 0) is 25.0 Å². The second-order valence-electron chi connectivity index (χ2n) is 4.49. The number of nitrogens with one attached hydrogen (secondary N) is 1. The van der Waals surface area contributed by atoms with Crippen LogP contribution < -0.4 is 10.1 Å². The zero-order valence-corrected chi connectivity index (χ0v) is 12.5. The standard InChI is InChI=1S/C14H16ClNO5/c1-19-9-6-5-8(14(18)20-2)12(11(9)15)16-13(17)10-4-3-7-21-10/h5-6,10H,3-4,7H2,1-2H3,(H,16,17). The van der Waals surface area contributed by atoms with Gasteiger partial charge in [-0.1, -0.05) is 11.6 Å². The van der Waals surface area contributed by atoms with Gasteiger partial charge in [0.15, 0.2) is 0 Å². The number of esters is 1. The summed E-state index contributed by atoms with van der Waals surface area (Å²) < 4.78 is 15.1. The van der Waals surface area contributed by atoms with Gasteiger partial charge in [0.05, 0.1) is 25.5 Å². The smallest absolute Gasteiger partial charge is 0.340 e. The van der Waals surface area contributed by atoms with Crippen LogP contribution in [-0.4, -0.2) is 38.8 Å². The molecule has 0 aromatic heterocycles. The van der Waals surface area contributed by atoms with Gasteiger partial charge >= 0.3 is 5.97 Å². The average Bonchev–Trinajstić information content (AvgIpc) is 3.02. The maximum atomic E-state index is 12.1. The second-order valence-corrected chi connectivity index (χ2v) is 4.86. The van der Waals surface area contributed by atoms with Crippen molar-refractivity contribution in [2.24, 2.45) is 0 Å². The Labute approximate surface area is 127 Å². The highest BCUT2D eigenvalue weighted by Gasteiger charge is 2.27. The van der Waals surface area contributed by atoms with Crippen LogP contribution in [0.15, 0.2) is 12.1 Å². The fraction of sp³-hybridized carbons (Fsp3) is 0.429. The van der Waals surface area contributed by atoms with Crippen LogP contribution in [0.4, 0.5) is 5.69 Å². The molecule has 1 heterocycles. The molecule has 1 saturated heterocycles. The highest BCUT2D eigenvalue weighted by atomic mass is 35.5. The van der Waals surface area contributed by atoms with Crippen LogP contribution in [0.2, 0.25) is 5.02 Å². The van der Waals surface area contributed by atoms with Crippen LogP contribution in [0, 0.1) is 0 Å². The first-order chi connectivity index (χ1) is 10.1. The summed E-state index contributed by atoms with van der Waals surface area (Å²) in [5.74, 6) is -0.582. The topological polar surface area (TPSA) is 73.9 Å². The Hall–Kier alpha value is -1.79. The molecule has 1 aromatic rings. The Morgan fingerprint density at radius 2 is 2.14 bits per heavy atom. The van der Waals surface area contributed by atoms with Crippen molar-refractivity contribution < 1.29 is 23.8 Å². The Morgan fingerprint density at radius 3 is 2.71 bits per heavy atom. The zero-order valence-electron chi connectivity index (χ0n) is 11.8. The number of ether oxygens (including phenoxy) is 3. The number of carbonyl (C=O) groups excluding carboxylic acids is 2. The molecule has 21 heavy (non-hydrogen) atoms. The first-order valence-electron chi connectivity index (χ1n) is 6.45. The molecule has 7 heteroatoms. The number of amides is 1. The molecule has 0 radical (unpaired) electrons.